The van der Waals surface area contributed by atoms with Gasteiger partial charge in [0.05, 0.1) is 12.9 Å². The molecule has 0 saturated heterocycles. The molecule has 17 heavy (non-hydrogen) atoms. The minimum Gasteiger partial charge on any atom is -0.464 e. The highest BCUT2D eigenvalue weighted by molar-refractivity contribution is 7.90. The number of carbonyl (C=O) groups excluding carboxylic acids is 1. The molecule has 0 N–H and O–H groups in total. The molecule has 0 spiro atoms. The summed E-state index contributed by atoms with van der Waals surface area (Å²) in [4.78, 5) is 16.9. The maximum atomic E-state index is 11.2. The fourth-order valence-corrected chi connectivity index (χ4v) is 2.43. The molecule has 0 unspecified atom stereocenters. The largest absolute Gasteiger partial charge is 0.464 e. The maximum Gasteiger partial charge on any atom is 0.357 e. The highest BCUT2D eigenvalue weighted by atomic mass is 32.2. The number of aromatic nitrogens is 1. The summed E-state index contributed by atoms with van der Waals surface area (Å²) in [6, 6.07) is 0. The molecular weight excluding hydrogens is 264 g/mol. The third-order valence-electron chi connectivity index (χ3n) is 2.01. The van der Waals surface area contributed by atoms with Crippen LogP contribution in [0.15, 0.2) is 5.38 Å². The quantitative estimate of drug-likeness (QED) is 0.726. The Hall–Kier alpha value is -1.15. The Labute approximate surface area is 104 Å². The van der Waals surface area contributed by atoms with Gasteiger partial charge < -0.3 is 9.64 Å². The number of esters is 1. The zero-order valence-electron chi connectivity index (χ0n) is 9.84. The van der Waals surface area contributed by atoms with Crippen molar-refractivity contribution < 1.29 is 17.9 Å². The number of carbonyl (C=O) groups is 1. The minimum absolute atomic E-state index is 0.0522. The molecule has 0 amide bonds. The van der Waals surface area contributed by atoms with Gasteiger partial charge in [0.2, 0.25) is 0 Å². The van der Waals surface area contributed by atoms with Crippen molar-refractivity contribution in [2.75, 3.05) is 37.6 Å². The van der Waals surface area contributed by atoms with E-state index in [1.807, 2.05) is 0 Å². The molecular formula is C9H14N2O4S2. The molecule has 0 bridgehead atoms. The Bertz CT molecular complexity index is 495. The SMILES string of the molecule is COC(=O)c1csc(N(C)CCS(C)(=O)=O)n1. The molecule has 0 aromatic carbocycles. The molecule has 96 valence electrons. The van der Waals surface area contributed by atoms with Crippen molar-refractivity contribution in [3.8, 4) is 0 Å². The van der Waals surface area contributed by atoms with Gasteiger partial charge in [-0.05, 0) is 0 Å². The standard InChI is InChI=1S/C9H14N2O4S2/c1-11(4-5-17(3,13)14)9-10-7(6-16-9)8(12)15-2/h6H,4-5H2,1-3H3. The number of ether oxygens (including phenoxy) is 1. The minimum atomic E-state index is -3.00. The van der Waals surface area contributed by atoms with Crippen LogP contribution in [0.1, 0.15) is 10.5 Å². The average molecular weight is 278 g/mol. The van der Waals surface area contributed by atoms with Crippen LogP contribution in [0, 0.1) is 0 Å². The predicted molar refractivity (Wildman–Crippen MR) is 66.4 cm³/mol. The van der Waals surface area contributed by atoms with E-state index >= 15 is 0 Å². The molecule has 0 aliphatic heterocycles. The number of anilines is 1. The number of sulfone groups is 1. The molecule has 0 radical (unpaired) electrons. The number of hydrogen-bond donors (Lipinski definition) is 0. The summed E-state index contributed by atoms with van der Waals surface area (Å²) >= 11 is 1.27. The lowest BCUT2D eigenvalue weighted by Gasteiger charge is -2.14. The first kappa shape index (κ1) is 13.9. The van der Waals surface area contributed by atoms with E-state index in [0.717, 1.165) is 0 Å². The van der Waals surface area contributed by atoms with Crippen LogP contribution in [0.3, 0.4) is 0 Å². The summed E-state index contributed by atoms with van der Waals surface area (Å²) in [5.74, 6) is -0.444. The van der Waals surface area contributed by atoms with Crippen molar-refractivity contribution in [1.29, 1.82) is 0 Å². The first-order chi connectivity index (χ1) is 7.83. The lowest BCUT2D eigenvalue weighted by molar-refractivity contribution is 0.0595. The molecule has 1 heterocycles. The van der Waals surface area contributed by atoms with Gasteiger partial charge in [-0.15, -0.1) is 11.3 Å². The fourth-order valence-electron chi connectivity index (χ4n) is 1.04. The molecule has 1 aromatic rings. The zero-order valence-corrected chi connectivity index (χ0v) is 11.5. The Morgan fingerprint density at radius 3 is 2.76 bits per heavy atom. The van der Waals surface area contributed by atoms with Crippen LogP contribution in [0.4, 0.5) is 5.13 Å². The molecule has 6 nitrogen and oxygen atoms in total. The first-order valence-electron chi connectivity index (χ1n) is 4.76. The fraction of sp³-hybridized carbons (Fsp3) is 0.556. The number of rotatable bonds is 5. The number of thiazole rings is 1. The van der Waals surface area contributed by atoms with Crippen LogP contribution in [-0.2, 0) is 14.6 Å². The summed E-state index contributed by atoms with van der Waals surface area (Å²) in [6.07, 6.45) is 1.18. The number of methoxy groups -OCH3 is 1. The van der Waals surface area contributed by atoms with Crippen LogP contribution in [-0.4, -0.2) is 52.1 Å². The number of nitrogens with zero attached hydrogens (tertiary/aromatic N) is 2. The van der Waals surface area contributed by atoms with Gasteiger partial charge in [0.25, 0.3) is 0 Å². The molecule has 8 heteroatoms. The van der Waals surface area contributed by atoms with E-state index < -0.39 is 15.8 Å². The molecule has 0 atom stereocenters. The van der Waals surface area contributed by atoms with Gasteiger partial charge in [0, 0.05) is 25.2 Å². The van der Waals surface area contributed by atoms with E-state index in [-0.39, 0.29) is 11.4 Å². The second-order valence-electron chi connectivity index (χ2n) is 3.56. The topological polar surface area (TPSA) is 76.6 Å². The van der Waals surface area contributed by atoms with E-state index in [2.05, 4.69) is 9.72 Å². The normalized spacial score (nSPS) is 11.2. The molecule has 1 rings (SSSR count). The van der Waals surface area contributed by atoms with Crippen molar-refractivity contribution in [1.82, 2.24) is 4.98 Å². The lowest BCUT2D eigenvalue weighted by atomic mass is 10.5. The third-order valence-corrected chi connectivity index (χ3v) is 3.89. The van der Waals surface area contributed by atoms with E-state index in [1.165, 1.54) is 24.7 Å². The lowest BCUT2D eigenvalue weighted by Crippen LogP contribution is -2.24. The second kappa shape index (κ2) is 5.46. The van der Waals surface area contributed by atoms with Crippen molar-refractivity contribution >= 4 is 32.3 Å². The van der Waals surface area contributed by atoms with E-state index in [9.17, 15) is 13.2 Å². The van der Waals surface area contributed by atoms with Gasteiger partial charge in [-0.25, -0.2) is 18.2 Å². The van der Waals surface area contributed by atoms with Crippen LogP contribution in [0.5, 0.6) is 0 Å². The first-order valence-corrected chi connectivity index (χ1v) is 7.70. The smallest absolute Gasteiger partial charge is 0.357 e. The van der Waals surface area contributed by atoms with E-state index in [0.29, 0.717) is 11.7 Å². The van der Waals surface area contributed by atoms with E-state index in [4.69, 9.17) is 0 Å². The molecule has 0 aliphatic carbocycles. The Kier molecular flexibility index (Phi) is 4.47. The molecule has 0 fully saturated rings. The monoisotopic (exact) mass is 278 g/mol. The maximum absolute atomic E-state index is 11.2. The zero-order chi connectivity index (χ0) is 13.1. The summed E-state index contributed by atoms with van der Waals surface area (Å²) in [6.45, 7) is 0.340. The molecule has 0 aliphatic rings. The van der Waals surface area contributed by atoms with Gasteiger partial charge in [-0.1, -0.05) is 0 Å². The van der Waals surface area contributed by atoms with Crippen molar-refractivity contribution in [3.05, 3.63) is 11.1 Å². The Morgan fingerprint density at radius 2 is 2.24 bits per heavy atom. The molecule has 1 aromatic heterocycles. The Balaban J connectivity index is 2.67. The van der Waals surface area contributed by atoms with Gasteiger partial charge in [-0.2, -0.15) is 0 Å². The van der Waals surface area contributed by atoms with Crippen molar-refractivity contribution in [2.24, 2.45) is 0 Å². The van der Waals surface area contributed by atoms with Crippen LogP contribution in [0.25, 0.3) is 0 Å². The van der Waals surface area contributed by atoms with Crippen molar-refractivity contribution in [3.63, 3.8) is 0 Å². The van der Waals surface area contributed by atoms with Crippen molar-refractivity contribution in [2.45, 2.75) is 0 Å². The predicted octanol–water partition coefficient (Wildman–Crippen LogP) is 0.411. The van der Waals surface area contributed by atoms with Gasteiger partial charge in [-0.3, -0.25) is 0 Å². The van der Waals surface area contributed by atoms with Gasteiger partial charge in [0.1, 0.15) is 9.84 Å². The third kappa shape index (κ3) is 4.31. The van der Waals surface area contributed by atoms with Gasteiger partial charge in [0.15, 0.2) is 10.8 Å². The summed E-state index contributed by atoms with van der Waals surface area (Å²) in [5.41, 5.74) is 0.235. The summed E-state index contributed by atoms with van der Waals surface area (Å²) in [7, 11) is 0.0159. The second-order valence-corrected chi connectivity index (χ2v) is 6.65. The van der Waals surface area contributed by atoms with Crippen LogP contribution < -0.4 is 4.90 Å². The highest BCUT2D eigenvalue weighted by Crippen LogP contribution is 2.19. The summed E-state index contributed by atoms with van der Waals surface area (Å²) in [5, 5.41) is 2.17. The van der Waals surface area contributed by atoms with Crippen LogP contribution >= 0.6 is 11.3 Å². The van der Waals surface area contributed by atoms with Crippen LogP contribution in [0.2, 0.25) is 0 Å². The Morgan fingerprint density at radius 1 is 1.59 bits per heavy atom. The average Bonchev–Trinajstić information content (AvgIpc) is 2.73. The van der Waals surface area contributed by atoms with E-state index in [1.54, 1.807) is 17.3 Å². The van der Waals surface area contributed by atoms with Gasteiger partial charge >= 0.3 is 5.97 Å². The molecule has 0 saturated carbocycles. The summed E-state index contributed by atoms with van der Waals surface area (Å²) < 4.78 is 26.6. The highest BCUT2D eigenvalue weighted by Gasteiger charge is 2.14. The number of hydrogen-bond acceptors (Lipinski definition) is 7.